The average molecular weight is 607 g/mol. The number of morpholine rings is 1. The van der Waals surface area contributed by atoms with Gasteiger partial charge in [-0.1, -0.05) is 20.3 Å². The van der Waals surface area contributed by atoms with Gasteiger partial charge in [0.1, 0.15) is 23.4 Å². The van der Waals surface area contributed by atoms with Gasteiger partial charge in [-0.05, 0) is 49.7 Å². The Labute approximate surface area is 248 Å². The molecule has 5 N–H and O–H groups in total. The molecule has 0 spiro atoms. The van der Waals surface area contributed by atoms with Crippen molar-refractivity contribution in [3.8, 4) is 10.4 Å². The van der Waals surface area contributed by atoms with E-state index >= 15 is 0 Å². The lowest BCUT2D eigenvalue weighted by atomic mass is 10.0. The molecule has 0 bridgehead atoms. The lowest BCUT2D eigenvalue weighted by molar-refractivity contribution is -0.0980. The maximum atomic E-state index is 14.1. The molecule has 1 atom stereocenters. The third-order valence-electron chi connectivity index (χ3n) is 5.22. The van der Waals surface area contributed by atoms with Gasteiger partial charge < -0.3 is 31.0 Å². The number of carbonyl (C=O) groups is 2. The zero-order chi connectivity index (χ0) is 31.7. The van der Waals surface area contributed by atoms with E-state index in [2.05, 4.69) is 34.6 Å². The predicted molar refractivity (Wildman–Crippen MR) is 163 cm³/mol. The Balaban J connectivity index is 0.000000343. The number of hydrogen-bond donors (Lipinski definition) is 4. The van der Waals surface area contributed by atoms with E-state index in [1.54, 1.807) is 17.8 Å². The quantitative estimate of drug-likeness (QED) is 0.260. The number of nitrogens with two attached hydrogens (primary N) is 1. The Hall–Kier alpha value is -3.78. The van der Waals surface area contributed by atoms with E-state index < -0.39 is 23.6 Å². The second-order valence-electron chi connectivity index (χ2n) is 8.78. The van der Waals surface area contributed by atoms with Crippen LogP contribution in [0.5, 0.6) is 0 Å². The van der Waals surface area contributed by atoms with Crippen LogP contribution in [-0.2, 0) is 9.53 Å². The summed E-state index contributed by atoms with van der Waals surface area (Å²) in [5.74, 6) is -2.28. The molecule has 3 aromatic heterocycles. The molecule has 0 saturated carbocycles. The summed E-state index contributed by atoms with van der Waals surface area (Å²) in [5.41, 5.74) is 7.21. The molecule has 1 saturated heterocycles. The number of thiophene rings is 1. The zero-order valence-corrected chi connectivity index (χ0v) is 25.4. The highest BCUT2D eigenvalue weighted by molar-refractivity contribution is 7.19. The van der Waals surface area contributed by atoms with Crippen LogP contribution in [0.2, 0.25) is 0 Å². The number of benzene rings is 1. The zero-order valence-electron chi connectivity index (χ0n) is 24.6. The summed E-state index contributed by atoms with van der Waals surface area (Å²) in [7, 11) is 1.59. The van der Waals surface area contributed by atoms with E-state index in [1.807, 2.05) is 32.0 Å². The van der Waals surface area contributed by atoms with Crippen LogP contribution in [0.3, 0.4) is 0 Å². The fourth-order valence-electron chi connectivity index (χ4n) is 3.42. The van der Waals surface area contributed by atoms with Crippen molar-refractivity contribution in [1.29, 1.82) is 0 Å². The Kier molecular flexibility index (Phi) is 16.7. The monoisotopic (exact) mass is 606 g/mol. The molecular formula is C29H40F2N6O4S. The van der Waals surface area contributed by atoms with Crippen molar-refractivity contribution in [2.75, 3.05) is 38.7 Å². The van der Waals surface area contributed by atoms with Crippen molar-refractivity contribution in [1.82, 2.24) is 19.9 Å². The molecule has 0 radical (unpaired) electrons. The fourth-order valence-corrected chi connectivity index (χ4v) is 4.48. The number of aliphatic hydroxyl groups excluding tert-OH is 1. The lowest BCUT2D eigenvalue weighted by Gasteiger charge is -2.10. The first-order chi connectivity index (χ1) is 20.1. The highest BCUT2D eigenvalue weighted by atomic mass is 32.1. The molecular weight excluding hydrogens is 566 g/mol. The summed E-state index contributed by atoms with van der Waals surface area (Å²) >= 11 is 1.03. The lowest BCUT2D eigenvalue weighted by Crippen LogP contribution is -2.30. The van der Waals surface area contributed by atoms with Gasteiger partial charge in [0.2, 0.25) is 0 Å². The van der Waals surface area contributed by atoms with Crippen molar-refractivity contribution in [2.24, 2.45) is 5.73 Å². The Morgan fingerprint density at radius 3 is 2.24 bits per heavy atom. The highest BCUT2D eigenvalue weighted by Crippen LogP contribution is 2.38. The SMILES string of the molecule is C1COCCN1.C=O.CCC.CNc1sc(-c2c(F)cc(C(C)O)cc2F)cc1C(N)=O.Cc1cn2ncccc2n1. The molecule has 10 nitrogen and oxygen atoms in total. The van der Waals surface area contributed by atoms with Crippen LogP contribution >= 0.6 is 11.3 Å². The highest BCUT2D eigenvalue weighted by Gasteiger charge is 2.20. The Morgan fingerprint density at radius 2 is 1.83 bits per heavy atom. The summed E-state index contributed by atoms with van der Waals surface area (Å²) in [6.45, 7) is 13.5. The molecule has 1 aliphatic heterocycles. The number of aryl methyl sites for hydroxylation is 1. The van der Waals surface area contributed by atoms with Gasteiger partial charge in [-0.25, -0.2) is 18.3 Å². The summed E-state index contributed by atoms with van der Waals surface area (Å²) in [6, 6.07) is 7.31. The van der Waals surface area contributed by atoms with Crippen LogP contribution in [0.1, 0.15) is 54.9 Å². The minimum Gasteiger partial charge on any atom is -0.389 e. The first-order valence-corrected chi connectivity index (χ1v) is 14.1. The number of anilines is 1. The van der Waals surface area contributed by atoms with Gasteiger partial charge in [-0.15, -0.1) is 11.3 Å². The standard InChI is InChI=1S/C14H14F2N2O2S.C7H7N3.C4H9NO.C3H8.CH2O/c1-6(19)7-3-9(15)12(10(16)4-7)11-5-8(13(17)20)14(18-2)21-11;1-6-5-10-7(9-6)3-2-4-8-10;1-3-6-4-2-5-1;1-3-2;1-2/h3-6,18-19H,1-2H3,(H2,17,20);2-5H,1H3;5H,1-4H2;3H2,1-2H3;1H2. The van der Waals surface area contributed by atoms with E-state index in [-0.39, 0.29) is 21.6 Å². The van der Waals surface area contributed by atoms with Crippen LogP contribution in [0.25, 0.3) is 16.1 Å². The van der Waals surface area contributed by atoms with Crippen molar-refractivity contribution in [3.05, 3.63) is 71.2 Å². The molecule has 4 aromatic rings. The van der Waals surface area contributed by atoms with Crippen LogP contribution in [-0.4, -0.2) is 65.8 Å². The first-order valence-electron chi connectivity index (χ1n) is 13.3. The topological polar surface area (TPSA) is 144 Å². The van der Waals surface area contributed by atoms with Crippen LogP contribution < -0.4 is 16.4 Å². The second kappa shape index (κ2) is 19.4. The molecule has 230 valence electrons. The van der Waals surface area contributed by atoms with E-state index in [0.29, 0.717) is 5.00 Å². The van der Waals surface area contributed by atoms with Gasteiger partial charge in [0, 0.05) is 31.2 Å². The maximum Gasteiger partial charge on any atom is 0.251 e. The predicted octanol–water partition coefficient (Wildman–Crippen LogP) is 4.76. The fraction of sp³-hybridized carbons (Fsp3) is 0.379. The number of hydrogen-bond acceptors (Lipinski definition) is 9. The van der Waals surface area contributed by atoms with Gasteiger partial charge in [0.05, 0.1) is 42.3 Å². The van der Waals surface area contributed by atoms with Gasteiger partial charge in [-0.3, -0.25) is 4.79 Å². The number of fused-ring (bicyclic) bond motifs is 1. The van der Waals surface area contributed by atoms with Crippen molar-refractivity contribution in [2.45, 2.75) is 40.2 Å². The van der Waals surface area contributed by atoms with Gasteiger partial charge in [-0.2, -0.15) is 5.10 Å². The number of rotatable bonds is 4. The first kappa shape index (κ1) is 36.2. The number of primary amides is 1. The number of ether oxygens (including phenoxy) is 1. The van der Waals surface area contributed by atoms with E-state index in [0.717, 1.165) is 61.1 Å². The number of aromatic nitrogens is 3. The van der Waals surface area contributed by atoms with Crippen LogP contribution in [0.4, 0.5) is 13.8 Å². The Bertz CT molecular complexity index is 1310. The molecule has 5 rings (SSSR count). The minimum atomic E-state index is -0.972. The number of imidazole rings is 1. The molecule has 1 fully saturated rings. The average Bonchev–Trinajstić information content (AvgIpc) is 3.58. The second-order valence-corrected chi connectivity index (χ2v) is 9.83. The van der Waals surface area contributed by atoms with E-state index in [4.69, 9.17) is 15.3 Å². The van der Waals surface area contributed by atoms with Crippen molar-refractivity contribution in [3.63, 3.8) is 0 Å². The molecule has 0 aliphatic carbocycles. The van der Waals surface area contributed by atoms with Gasteiger partial charge in [0.25, 0.3) is 5.91 Å². The van der Waals surface area contributed by atoms with Crippen LogP contribution in [0, 0.1) is 18.6 Å². The number of amides is 1. The minimum absolute atomic E-state index is 0.147. The number of nitrogens with one attached hydrogen (secondary N) is 2. The van der Waals surface area contributed by atoms with E-state index in [1.165, 1.54) is 19.4 Å². The maximum absolute atomic E-state index is 14.1. The summed E-state index contributed by atoms with van der Waals surface area (Å²) in [5, 5.41) is 19.8. The van der Waals surface area contributed by atoms with Crippen molar-refractivity contribution >= 4 is 34.7 Å². The summed E-state index contributed by atoms with van der Waals surface area (Å²) in [6.07, 6.45) is 3.92. The number of nitrogens with zero attached hydrogens (tertiary/aromatic N) is 3. The smallest absolute Gasteiger partial charge is 0.251 e. The van der Waals surface area contributed by atoms with Crippen LogP contribution in [0.15, 0.2) is 42.7 Å². The molecule has 42 heavy (non-hydrogen) atoms. The third-order valence-corrected chi connectivity index (χ3v) is 6.39. The summed E-state index contributed by atoms with van der Waals surface area (Å²) in [4.78, 5) is 23.8. The van der Waals surface area contributed by atoms with Gasteiger partial charge >= 0.3 is 0 Å². The summed E-state index contributed by atoms with van der Waals surface area (Å²) < 4.78 is 35.0. The molecule has 1 unspecified atom stereocenters. The van der Waals surface area contributed by atoms with Gasteiger partial charge in [0.15, 0.2) is 5.65 Å². The molecule has 1 amide bonds. The molecule has 4 heterocycles. The number of halogens is 2. The van der Waals surface area contributed by atoms with E-state index in [9.17, 15) is 18.7 Å². The third kappa shape index (κ3) is 11.2. The van der Waals surface area contributed by atoms with Crippen molar-refractivity contribution < 1.29 is 28.2 Å². The molecule has 1 aliphatic rings. The number of carbonyl (C=O) groups excluding carboxylic acids is 2. The molecule has 1 aromatic carbocycles. The normalized spacial score (nSPS) is 12.6. The number of aliphatic hydroxyl groups is 1. The largest absolute Gasteiger partial charge is 0.389 e. The Morgan fingerprint density at radius 1 is 1.24 bits per heavy atom. The molecule has 13 heteroatoms.